The van der Waals surface area contributed by atoms with E-state index < -0.39 is 15.8 Å². The third kappa shape index (κ3) is 4.56. The van der Waals surface area contributed by atoms with Crippen LogP contribution < -0.4 is 0 Å². The monoisotopic (exact) mass is 413 g/mol. The van der Waals surface area contributed by atoms with E-state index >= 15 is 0 Å². The second kappa shape index (κ2) is 8.21. The number of hydrogen-bond acceptors (Lipinski definition) is 4. The molecule has 0 atom stereocenters. The van der Waals surface area contributed by atoms with Crippen molar-refractivity contribution in [2.75, 3.05) is 19.3 Å². The van der Waals surface area contributed by atoms with Gasteiger partial charge in [0.15, 0.2) is 9.84 Å². The molecule has 7 heteroatoms. The van der Waals surface area contributed by atoms with E-state index in [0.29, 0.717) is 24.2 Å². The van der Waals surface area contributed by atoms with Gasteiger partial charge in [0.2, 0.25) is 0 Å². The first-order valence-corrected chi connectivity index (χ1v) is 11.2. The van der Waals surface area contributed by atoms with Gasteiger partial charge in [-0.3, -0.25) is 9.59 Å². The third-order valence-electron chi connectivity index (χ3n) is 4.87. The van der Waals surface area contributed by atoms with Crippen LogP contribution in [0, 0.1) is 0 Å². The van der Waals surface area contributed by atoms with Crippen molar-refractivity contribution in [2.45, 2.75) is 24.7 Å². The van der Waals surface area contributed by atoms with Crippen LogP contribution in [0.25, 0.3) is 11.1 Å². The zero-order valence-electron chi connectivity index (χ0n) is 16.4. The summed E-state index contributed by atoms with van der Waals surface area (Å²) in [5.74, 6) is -0.977. The summed E-state index contributed by atoms with van der Waals surface area (Å²) in [6, 6.07) is 13.5. The van der Waals surface area contributed by atoms with Gasteiger partial charge in [-0.25, -0.2) is 8.42 Å². The molecular weight excluding hydrogens is 390 g/mol. The summed E-state index contributed by atoms with van der Waals surface area (Å²) in [6.45, 7) is 3.09. The lowest BCUT2D eigenvalue weighted by atomic mass is 9.96. The summed E-state index contributed by atoms with van der Waals surface area (Å²) in [5, 5.41) is 8.94. The summed E-state index contributed by atoms with van der Waals surface area (Å²) in [7, 11) is -3.30. The summed E-state index contributed by atoms with van der Waals surface area (Å²) in [6.07, 6.45) is 1.92. The van der Waals surface area contributed by atoms with Gasteiger partial charge in [0, 0.05) is 19.3 Å². The van der Waals surface area contributed by atoms with Crippen LogP contribution in [-0.2, 0) is 25.8 Å². The van der Waals surface area contributed by atoms with Crippen LogP contribution in [-0.4, -0.2) is 49.6 Å². The van der Waals surface area contributed by atoms with E-state index in [2.05, 4.69) is 0 Å². The average Bonchev–Trinajstić information content (AvgIpc) is 2.98. The van der Waals surface area contributed by atoms with Crippen LogP contribution in [0.2, 0.25) is 0 Å². The van der Waals surface area contributed by atoms with Crippen molar-refractivity contribution in [2.24, 2.45) is 0 Å². The number of amides is 1. The molecule has 0 aromatic heterocycles. The normalized spacial score (nSPS) is 14.6. The van der Waals surface area contributed by atoms with Gasteiger partial charge in [-0.15, -0.1) is 0 Å². The van der Waals surface area contributed by atoms with Crippen molar-refractivity contribution < 1.29 is 23.1 Å². The average molecular weight is 413 g/mol. The van der Waals surface area contributed by atoms with Crippen LogP contribution >= 0.6 is 0 Å². The zero-order chi connectivity index (χ0) is 21.2. The van der Waals surface area contributed by atoms with Crippen LogP contribution in [0.4, 0.5) is 0 Å². The molecule has 0 radical (unpaired) electrons. The standard InChI is InChI=1S/C22H23NO5S/c1-3-12-23-14-19(16-8-10-18(11-9-16)29(2,27)28)21(22(23)26)17-6-4-15(5-7-17)13-20(24)25/h4-11H,3,12-14H2,1-2H3,(H,24,25). The first kappa shape index (κ1) is 20.8. The highest BCUT2D eigenvalue weighted by molar-refractivity contribution is 7.90. The molecule has 1 aliphatic rings. The smallest absolute Gasteiger partial charge is 0.307 e. The summed E-state index contributed by atoms with van der Waals surface area (Å²) < 4.78 is 23.5. The number of carbonyl (C=O) groups is 2. The van der Waals surface area contributed by atoms with Gasteiger partial charge in [-0.05, 0) is 40.8 Å². The molecule has 0 aliphatic carbocycles. The highest BCUT2D eigenvalue weighted by atomic mass is 32.2. The maximum atomic E-state index is 13.0. The predicted octanol–water partition coefficient (Wildman–Crippen LogP) is 2.88. The van der Waals surface area contributed by atoms with Gasteiger partial charge < -0.3 is 10.0 Å². The highest BCUT2D eigenvalue weighted by Crippen LogP contribution is 2.35. The van der Waals surface area contributed by atoms with Crippen molar-refractivity contribution in [1.29, 1.82) is 0 Å². The third-order valence-corrected chi connectivity index (χ3v) is 6.00. The maximum Gasteiger partial charge on any atom is 0.307 e. The summed E-state index contributed by atoms with van der Waals surface area (Å²) in [5.41, 5.74) is 3.61. The van der Waals surface area contributed by atoms with Gasteiger partial charge in [0.05, 0.1) is 16.9 Å². The number of sulfone groups is 1. The predicted molar refractivity (Wildman–Crippen MR) is 111 cm³/mol. The lowest BCUT2D eigenvalue weighted by Gasteiger charge is -2.15. The Bertz CT molecular complexity index is 1070. The molecule has 2 aromatic rings. The number of hydrogen-bond donors (Lipinski definition) is 1. The Kier molecular flexibility index (Phi) is 5.88. The van der Waals surface area contributed by atoms with Crippen LogP contribution in [0.1, 0.15) is 30.0 Å². The lowest BCUT2D eigenvalue weighted by molar-refractivity contribution is -0.136. The van der Waals surface area contributed by atoms with Crippen molar-refractivity contribution >= 4 is 32.9 Å². The Balaban J connectivity index is 2.04. The zero-order valence-corrected chi connectivity index (χ0v) is 17.2. The first-order chi connectivity index (χ1) is 13.7. The van der Waals surface area contributed by atoms with E-state index in [0.717, 1.165) is 29.4 Å². The topological polar surface area (TPSA) is 91.8 Å². The second-order valence-corrected chi connectivity index (χ2v) is 9.16. The van der Waals surface area contributed by atoms with E-state index in [4.69, 9.17) is 5.11 Å². The number of carboxylic acid groups (broad SMARTS) is 1. The van der Waals surface area contributed by atoms with Crippen LogP contribution in [0.15, 0.2) is 53.4 Å². The number of carboxylic acids is 1. The van der Waals surface area contributed by atoms with E-state index in [1.165, 1.54) is 0 Å². The molecule has 1 aliphatic heterocycles. The molecule has 2 aromatic carbocycles. The van der Waals surface area contributed by atoms with Crippen molar-refractivity contribution in [3.8, 4) is 0 Å². The Morgan fingerprint density at radius 1 is 1.03 bits per heavy atom. The van der Waals surface area contributed by atoms with Gasteiger partial charge in [-0.1, -0.05) is 43.3 Å². The Morgan fingerprint density at radius 3 is 2.14 bits per heavy atom. The van der Waals surface area contributed by atoms with Gasteiger partial charge in [-0.2, -0.15) is 0 Å². The fourth-order valence-electron chi connectivity index (χ4n) is 3.48. The molecule has 0 fully saturated rings. The Morgan fingerprint density at radius 2 is 1.62 bits per heavy atom. The SMILES string of the molecule is CCCN1CC(c2ccc(S(C)(=O)=O)cc2)=C(c2ccc(CC(=O)O)cc2)C1=O. The molecule has 0 saturated carbocycles. The van der Waals surface area contributed by atoms with Crippen molar-refractivity contribution in [3.63, 3.8) is 0 Å². The van der Waals surface area contributed by atoms with Gasteiger partial charge >= 0.3 is 5.97 Å². The van der Waals surface area contributed by atoms with Gasteiger partial charge in [0.25, 0.3) is 5.91 Å². The fraction of sp³-hybridized carbons (Fsp3) is 0.273. The number of carbonyl (C=O) groups excluding carboxylic acids is 1. The molecule has 1 heterocycles. The van der Waals surface area contributed by atoms with Crippen molar-refractivity contribution in [1.82, 2.24) is 4.90 Å². The number of aliphatic carboxylic acids is 1. The molecule has 29 heavy (non-hydrogen) atoms. The molecule has 1 N–H and O–H groups in total. The summed E-state index contributed by atoms with van der Waals surface area (Å²) in [4.78, 5) is 26.0. The first-order valence-electron chi connectivity index (χ1n) is 9.34. The Hall–Kier alpha value is -2.93. The minimum absolute atomic E-state index is 0.0694. The lowest BCUT2D eigenvalue weighted by Crippen LogP contribution is -2.27. The molecule has 152 valence electrons. The van der Waals surface area contributed by atoms with Crippen LogP contribution in [0.5, 0.6) is 0 Å². The molecular formula is C22H23NO5S. The molecule has 0 unspecified atom stereocenters. The van der Waals surface area contributed by atoms with E-state index in [-0.39, 0.29) is 17.2 Å². The largest absolute Gasteiger partial charge is 0.481 e. The molecule has 0 saturated heterocycles. The number of benzene rings is 2. The van der Waals surface area contributed by atoms with Crippen molar-refractivity contribution in [3.05, 3.63) is 65.2 Å². The minimum atomic E-state index is -3.30. The fourth-order valence-corrected chi connectivity index (χ4v) is 4.11. The molecule has 6 nitrogen and oxygen atoms in total. The van der Waals surface area contributed by atoms with E-state index in [9.17, 15) is 18.0 Å². The maximum absolute atomic E-state index is 13.0. The number of rotatable bonds is 7. The second-order valence-electron chi connectivity index (χ2n) is 7.14. The van der Waals surface area contributed by atoms with Crippen LogP contribution in [0.3, 0.4) is 0 Å². The highest BCUT2D eigenvalue weighted by Gasteiger charge is 2.31. The molecule has 0 bridgehead atoms. The molecule has 0 spiro atoms. The molecule has 3 rings (SSSR count). The number of nitrogens with zero attached hydrogens (tertiary/aromatic N) is 1. The molecule has 1 amide bonds. The minimum Gasteiger partial charge on any atom is -0.481 e. The van der Waals surface area contributed by atoms with Gasteiger partial charge in [0.1, 0.15) is 0 Å². The van der Waals surface area contributed by atoms with E-state index in [1.54, 1.807) is 53.4 Å². The Labute approximate surface area is 170 Å². The summed E-state index contributed by atoms with van der Waals surface area (Å²) >= 11 is 0. The quantitative estimate of drug-likeness (QED) is 0.754. The van der Waals surface area contributed by atoms with E-state index in [1.807, 2.05) is 6.92 Å².